The van der Waals surface area contributed by atoms with Gasteiger partial charge in [-0.3, -0.25) is 0 Å². The highest BCUT2D eigenvalue weighted by molar-refractivity contribution is 6.62. The van der Waals surface area contributed by atoms with Crippen molar-refractivity contribution in [1.82, 2.24) is 0 Å². The molecule has 2 aromatic rings. The first-order valence-corrected chi connectivity index (χ1v) is 16.1. The number of aryl methyl sites for hydroxylation is 1. The molecule has 0 aliphatic carbocycles. The molecular weight excluding hydrogens is 548 g/mol. The summed E-state index contributed by atoms with van der Waals surface area (Å²) in [7, 11) is -0.976. The van der Waals surface area contributed by atoms with E-state index in [2.05, 4.69) is 96.7 Å². The summed E-state index contributed by atoms with van der Waals surface area (Å²) >= 11 is 0. The van der Waals surface area contributed by atoms with Crippen LogP contribution in [0.4, 0.5) is 11.4 Å². The highest BCUT2D eigenvalue weighted by Crippen LogP contribution is 2.44. The molecule has 238 valence electrons. The minimum absolute atomic E-state index is 0.0410. The summed E-state index contributed by atoms with van der Waals surface area (Å²) in [5, 5.41) is 0. The normalized spacial score (nSPS) is 21.8. The van der Waals surface area contributed by atoms with E-state index in [1.807, 2.05) is 65.8 Å². The van der Waals surface area contributed by atoms with E-state index < -0.39 is 25.4 Å². The number of allylic oxidation sites excluding steroid dienone is 5. The van der Waals surface area contributed by atoms with E-state index >= 15 is 0 Å². The number of anilines is 2. The summed E-state index contributed by atoms with van der Waals surface area (Å²) < 4.78 is 31.9. The lowest BCUT2D eigenvalue weighted by Crippen LogP contribution is -2.41. The Kier molecular flexibility index (Phi) is 11.5. The van der Waals surface area contributed by atoms with Gasteiger partial charge in [0.2, 0.25) is 0 Å². The van der Waals surface area contributed by atoms with Crippen LogP contribution < -0.4 is 15.1 Å². The minimum atomic E-state index is -0.490. The number of nitrogens with zero attached hydrogens (tertiary/aromatic N) is 1. The molecular formula is C36H53B2NO5. The lowest BCUT2D eigenvalue weighted by atomic mass is 9.77. The van der Waals surface area contributed by atoms with Gasteiger partial charge in [-0.15, -0.1) is 0 Å². The molecule has 0 radical (unpaired) electrons. The Labute approximate surface area is 267 Å². The molecule has 0 aromatic heterocycles. The quantitative estimate of drug-likeness (QED) is 0.252. The van der Waals surface area contributed by atoms with Crippen molar-refractivity contribution in [3.8, 4) is 5.75 Å². The molecule has 8 heteroatoms. The molecule has 1 unspecified atom stereocenters. The second-order valence-electron chi connectivity index (χ2n) is 12.5. The summed E-state index contributed by atoms with van der Waals surface area (Å²) in [5.74, 6) is 1.45. The maximum Gasteiger partial charge on any atom is 0.494 e. The molecule has 0 bridgehead atoms. The molecule has 0 N–H and O–H groups in total. The molecule has 44 heavy (non-hydrogen) atoms. The van der Waals surface area contributed by atoms with Gasteiger partial charge in [0.15, 0.2) is 5.75 Å². The van der Waals surface area contributed by atoms with Gasteiger partial charge in [0.25, 0.3) is 0 Å². The van der Waals surface area contributed by atoms with Gasteiger partial charge in [-0.2, -0.15) is 0 Å². The zero-order chi connectivity index (χ0) is 33.0. The molecule has 6 nitrogen and oxygen atoms in total. The Hall–Kier alpha value is -2.77. The van der Waals surface area contributed by atoms with Crippen molar-refractivity contribution in [3.63, 3.8) is 0 Å². The molecule has 0 spiro atoms. The fourth-order valence-corrected chi connectivity index (χ4v) is 5.00. The van der Waals surface area contributed by atoms with Crippen LogP contribution in [0.15, 0.2) is 77.6 Å². The predicted molar refractivity (Wildman–Crippen MR) is 186 cm³/mol. The molecule has 2 aromatic carbocycles. The van der Waals surface area contributed by atoms with Gasteiger partial charge >= 0.3 is 14.2 Å². The van der Waals surface area contributed by atoms with Gasteiger partial charge < -0.3 is 28.3 Å². The Bertz CT molecular complexity index is 1360. The molecule has 2 fully saturated rings. The van der Waals surface area contributed by atoms with Crippen LogP contribution in [0.3, 0.4) is 0 Å². The molecule has 0 saturated carbocycles. The Morgan fingerprint density at radius 2 is 1.43 bits per heavy atom. The Morgan fingerprint density at radius 1 is 0.841 bits per heavy atom. The first kappa shape index (κ1) is 35.7. The van der Waals surface area contributed by atoms with Gasteiger partial charge in [-0.25, -0.2) is 0 Å². The summed E-state index contributed by atoms with van der Waals surface area (Å²) in [6, 6.07) is 14.7. The van der Waals surface area contributed by atoms with Crippen LogP contribution in [0.2, 0.25) is 0 Å². The van der Waals surface area contributed by atoms with Crippen molar-refractivity contribution in [2.45, 2.75) is 120 Å². The Balaban J connectivity index is 0.00000127. The SMILES string of the molecule is C/C=C\C(=C/C1=C(C)N(c2ccc(C)cc2)c2ccc(B3OC(C)(C)C(C)(C)O3)cc2O1)B1OC(C)C(C)(C)O1.CC.CC. The fraction of sp³-hybridized carbons (Fsp3) is 0.500. The van der Waals surface area contributed by atoms with Crippen LogP contribution in [-0.4, -0.2) is 37.1 Å². The van der Waals surface area contributed by atoms with Crippen LogP contribution in [-0.2, 0) is 18.6 Å². The maximum atomic E-state index is 6.64. The highest BCUT2D eigenvalue weighted by atomic mass is 16.7. The standard InChI is InChI=1S/C32H41B2NO5.2C2H6/c1-11-12-24(33-37-23(4)30(5,6)38-33)19-28-22(3)35(26-16-13-21(2)14-17-26)27-18-15-25(20-29(27)36-28)34-39-31(7,8)32(9,10)40-34;2*1-2/h11-20,23H,1-10H3;2*1-2H3/b12-11-,24-19+;;. The van der Waals surface area contributed by atoms with Crippen molar-refractivity contribution < 1.29 is 23.4 Å². The number of hydrogen-bond acceptors (Lipinski definition) is 6. The van der Waals surface area contributed by atoms with Gasteiger partial charge in [0, 0.05) is 5.69 Å². The van der Waals surface area contributed by atoms with Crippen molar-refractivity contribution in [2.75, 3.05) is 4.90 Å². The van der Waals surface area contributed by atoms with Gasteiger partial charge in [-0.1, -0.05) is 63.6 Å². The molecule has 2 saturated heterocycles. The second-order valence-corrected chi connectivity index (χ2v) is 12.5. The Morgan fingerprint density at radius 3 is 1.95 bits per heavy atom. The van der Waals surface area contributed by atoms with Crippen molar-refractivity contribution in [3.05, 3.63) is 83.2 Å². The van der Waals surface area contributed by atoms with E-state index in [0.717, 1.165) is 39.5 Å². The van der Waals surface area contributed by atoms with Crippen molar-refractivity contribution in [1.29, 1.82) is 0 Å². The molecule has 1 atom stereocenters. The number of rotatable bonds is 5. The van der Waals surface area contributed by atoms with Crippen LogP contribution >= 0.6 is 0 Å². The van der Waals surface area contributed by atoms with E-state index in [1.54, 1.807) is 0 Å². The topological polar surface area (TPSA) is 49.4 Å². The third-order valence-corrected chi connectivity index (χ3v) is 8.60. The van der Waals surface area contributed by atoms with Crippen LogP contribution in [0.5, 0.6) is 5.75 Å². The van der Waals surface area contributed by atoms with E-state index in [9.17, 15) is 0 Å². The van der Waals surface area contributed by atoms with Crippen LogP contribution in [0.25, 0.3) is 0 Å². The fourth-order valence-electron chi connectivity index (χ4n) is 5.00. The lowest BCUT2D eigenvalue weighted by Gasteiger charge is -2.33. The van der Waals surface area contributed by atoms with E-state index in [4.69, 9.17) is 23.4 Å². The zero-order valence-electron chi connectivity index (χ0n) is 29.5. The van der Waals surface area contributed by atoms with Gasteiger partial charge in [-0.05, 0) is 111 Å². The van der Waals surface area contributed by atoms with Crippen molar-refractivity contribution >= 4 is 31.1 Å². The summed E-state index contributed by atoms with van der Waals surface area (Å²) in [6.45, 7) is 28.6. The molecule has 0 amide bonds. The number of benzene rings is 2. The number of fused-ring (bicyclic) bond motifs is 1. The van der Waals surface area contributed by atoms with Crippen LogP contribution in [0, 0.1) is 6.92 Å². The summed E-state index contributed by atoms with van der Waals surface area (Å²) in [5.41, 5.74) is 4.73. The minimum Gasteiger partial charge on any atom is -0.453 e. The second kappa shape index (κ2) is 14.1. The summed E-state index contributed by atoms with van der Waals surface area (Å²) in [6.07, 6.45) is 6.00. The number of hydrogen-bond donors (Lipinski definition) is 0. The lowest BCUT2D eigenvalue weighted by molar-refractivity contribution is 0.00578. The molecule has 5 rings (SSSR count). The molecule has 3 aliphatic rings. The van der Waals surface area contributed by atoms with Crippen molar-refractivity contribution in [2.24, 2.45) is 0 Å². The zero-order valence-corrected chi connectivity index (χ0v) is 29.5. The highest BCUT2D eigenvalue weighted by Gasteiger charge is 2.52. The van der Waals surface area contributed by atoms with E-state index in [1.165, 1.54) is 5.56 Å². The largest absolute Gasteiger partial charge is 0.494 e. The third-order valence-electron chi connectivity index (χ3n) is 8.60. The molecule has 3 aliphatic heterocycles. The first-order chi connectivity index (χ1) is 20.7. The number of ether oxygens (including phenoxy) is 1. The van der Waals surface area contributed by atoms with E-state index in [-0.39, 0.29) is 11.7 Å². The van der Waals surface area contributed by atoms with Crippen LogP contribution in [0.1, 0.15) is 95.6 Å². The monoisotopic (exact) mass is 601 g/mol. The predicted octanol–water partition coefficient (Wildman–Crippen LogP) is 8.85. The average Bonchev–Trinajstić information content (AvgIpc) is 3.39. The maximum absolute atomic E-state index is 6.64. The van der Waals surface area contributed by atoms with Gasteiger partial charge in [0.05, 0.1) is 34.3 Å². The summed E-state index contributed by atoms with van der Waals surface area (Å²) in [4.78, 5) is 2.23. The average molecular weight is 601 g/mol. The van der Waals surface area contributed by atoms with E-state index in [0.29, 0.717) is 0 Å². The third kappa shape index (κ3) is 7.20. The first-order valence-electron chi connectivity index (χ1n) is 16.1. The molecule has 3 heterocycles. The smallest absolute Gasteiger partial charge is 0.453 e. The van der Waals surface area contributed by atoms with Gasteiger partial charge in [0.1, 0.15) is 5.76 Å².